The zero-order valence-corrected chi connectivity index (χ0v) is 18.7. The van der Waals surface area contributed by atoms with Crippen LogP contribution >= 0.6 is 0 Å². The zero-order chi connectivity index (χ0) is 23.8. The van der Waals surface area contributed by atoms with Crippen LogP contribution in [-0.2, 0) is 14.4 Å². The Hall–Kier alpha value is -2.09. The fourth-order valence-electron chi connectivity index (χ4n) is 7.67. The van der Waals surface area contributed by atoms with Gasteiger partial charge in [0.25, 0.3) is 0 Å². The van der Waals surface area contributed by atoms with Crippen molar-refractivity contribution in [3.8, 4) is 0 Å². The van der Waals surface area contributed by atoms with Crippen molar-refractivity contribution >= 4 is 17.5 Å². The number of hydrogen-bond acceptors (Lipinski definition) is 6. The van der Waals surface area contributed by atoms with Crippen molar-refractivity contribution in [3.05, 3.63) is 36.0 Å². The highest BCUT2D eigenvalue weighted by atomic mass is 16.4. The van der Waals surface area contributed by atoms with Gasteiger partial charge in [-0.2, -0.15) is 0 Å². The zero-order valence-electron chi connectivity index (χ0n) is 18.7. The lowest BCUT2D eigenvalue weighted by Gasteiger charge is -2.59. The third-order valence-corrected chi connectivity index (χ3v) is 9.31. The van der Waals surface area contributed by atoms with Crippen molar-refractivity contribution in [2.75, 3.05) is 0 Å². The smallest absolute Gasteiger partial charge is 0.334 e. The molecule has 3 saturated carbocycles. The highest BCUT2D eigenvalue weighted by molar-refractivity contribution is 6.02. The first-order valence-corrected chi connectivity index (χ1v) is 11.3. The summed E-state index contributed by atoms with van der Waals surface area (Å²) >= 11 is 0. The molecule has 4 aliphatic rings. The molecule has 0 aromatic heterocycles. The Kier molecular flexibility index (Phi) is 5.20. The molecule has 32 heavy (non-hydrogen) atoms. The van der Waals surface area contributed by atoms with Crippen molar-refractivity contribution in [3.63, 3.8) is 0 Å². The Morgan fingerprint density at radius 2 is 1.94 bits per heavy atom. The molecule has 0 bridgehead atoms. The average Bonchev–Trinajstić information content (AvgIpc) is 2.93. The molecular formula is C25H32O7. The second-order valence-electron chi connectivity index (χ2n) is 10.7. The van der Waals surface area contributed by atoms with Gasteiger partial charge in [-0.15, -0.1) is 0 Å². The second-order valence-corrected chi connectivity index (χ2v) is 10.7. The molecule has 4 rings (SSSR count). The van der Waals surface area contributed by atoms with E-state index in [1.165, 1.54) is 0 Å². The van der Waals surface area contributed by atoms with Crippen LogP contribution in [0, 0.1) is 34.5 Å². The molecule has 0 aromatic rings. The summed E-state index contributed by atoms with van der Waals surface area (Å²) in [5.74, 6) is -3.29. The molecule has 4 N–H and O–H groups in total. The summed E-state index contributed by atoms with van der Waals surface area (Å²) in [4.78, 5) is 36.5. The SMILES string of the molecule is C=C(C(=O)O)C(O)C(=O)[C@@]1(O)C(C)C[C@H]2[C@@H]3CCC4=CC(=O)C=C[C@]4(C)[C@H]3C(O)C[C@@]21C. The third kappa shape index (κ3) is 2.80. The van der Waals surface area contributed by atoms with Crippen LogP contribution in [0.25, 0.3) is 0 Å². The molecular weight excluding hydrogens is 412 g/mol. The molecule has 4 aliphatic carbocycles. The molecule has 7 heteroatoms. The van der Waals surface area contributed by atoms with Crippen LogP contribution in [0.2, 0.25) is 0 Å². The first-order valence-electron chi connectivity index (χ1n) is 11.3. The summed E-state index contributed by atoms with van der Waals surface area (Å²) in [6.45, 7) is 8.87. The van der Waals surface area contributed by atoms with E-state index in [2.05, 4.69) is 6.58 Å². The first kappa shape index (κ1) is 23.1. The number of carbonyl (C=O) groups is 3. The minimum absolute atomic E-state index is 0.00726. The highest BCUT2D eigenvalue weighted by Crippen LogP contribution is 2.68. The predicted octanol–water partition coefficient (Wildman–Crippen LogP) is 1.81. The maximum atomic E-state index is 13.3. The minimum atomic E-state index is -2.02. The van der Waals surface area contributed by atoms with E-state index < -0.39 is 51.9 Å². The number of allylic oxidation sites excluding steroid dienone is 4. The van der Waals surface area contributed by atoms with E-state index in [1.54, 1.807) is 26.0 Å². The van der Waals surface area contributed by atoms with Crippen LogP contribution in [0.1, 0.15) is 46.5 Å². The Labute approximate surface area is 187 Å². The molecule has 0 amide bonds. The number of rotatable bonds is 4. The normalized spacial score (nSPS) is 45.9. The average molecular weight is 445 g/mol. The van der Waals surface area contributed by atoms with Gasteiger partial charge in [-0.05, 0) is 55.6 Å². The van der Waals surface area contributed by atoms with Crippen molar-refractivity contribution in [1.82, 2.24) is 0 Å². The van der Waals surface area contributed by atoms with Crippen LogP contribution in [-0.4, -0.2) is 55.8 Å². The first-order chi connectivity index (χ1) is 14.8. The number of aliphatic hydroxyl groups excluding tert-OH is 2. The van der Waals surface area contributed by atoms with Gasteiger partial charge in [-0.1, -0.05) is 39.0 Å². The van der Waals surface area contributed by atoms with E-state index in [9.17, 15) is 34.8 Å². The highest BCUT2D eigenvalue weighted by Gasteiger charge is 2.71. The number of ketones is 2. The fourth-order valence-corrected chi connectivity index (χ4v) is 7.67. The maximum Gasteiger partial charge on any atom is 0.334 e. The van der Waals surface area contributed by atoms with Gasteiger partial charge in [-0.25, -0.2) is 4.79 Å². The van der Waals surface area contributed by atoms with Crippen LogP contribution in [0.5, 0.6) is 0 Å². The van der Waals surface area contributed by atoms with Crippen molar-refractivity contribution < 1.29 is 34.8 Å². The second kappa shape index (κ2) is 7.20. The molecule has 0 aromatic carbocycles. The molecule has 3 unspecified atom stereocenters. The van der Waals surface area contributed by atoms with Gasteiger partial charge in [-0.3, -0.25) is 9.59 Å². The van der Waals surface area contributed by atoms with Crippen molar-refractivity contribution in [1.29, 1.82) is 0 Å². The largest absolute Gasteiger partial charge is 0.478 e. The molecule has 7 nitrogen and oxygen atoms in total. The van der Waals surface area contributed by atoms with Gasteiger partial charge in [0, 0.05) is 16.7 Å². The molecule has 0 saturated heterocycles. The van der Waals surface area contributed by atoms with Gasteiger partial charge >= 0.3 is 5.97 Å². The summed E-state index contributed by atoms with van der Waals surface area (Å²) in [5.41, 5.74) is -3.15. The lowest BCUT2D eigenvalue weighted by molar-refractivity contribution is -0.186. The van der Waals surface area contributed by atoms with Gasteiger partial charge in [0.2, 0.25) is 0 Å². The molecule has 3 fully saturated rings. The fraction of sp³-hybridized carbons (Fsp3) is 0.640. The van der Waals surface area contributed by atoms with Gasteiger partial charge < -0.3 is 20.4 Å². The monoisotopic (exact) mass is 444 g/mol. The third-order valence-electron chi connectivity index (χ3n) is 9.31. The van der Waals surface area contributed by atoms with Crippen LogP contribution in [0.15, 0.2) is 36.0 Å². The Morgan fingerprint density at radius 1 is 1.28 bits per heavy atom. The van der Waals surface area contributed by atoms with Gasteiger partial charge in [0.05, 0.1) is 11.7 Å². The molecule has 174 valence electrons. The molecule has 0 aliphatic heterocycles. The number of aliphatic carboxylic acids is 1. The van der Waals surface area contributed by atoms with E-state index in [4.69, 9.17) is 0 Å². The van der Waals surface area contributed by atoms with E-state index >= 15 is 0 Å². The Bertz CT molecular complexity index is 963. The number of aliphatic hydroxyl groups is 3. The minimum Gasteiger partial charge on any atom is -0.478 e. The number of hydrogen-bond donors (Lipinski definition) is 4. The van der Waals surface area contributed by atoms with E-state index in [0.29, 0.717) is 12.8 Å². The number of carboxylic acid groups (broad SMARTS) is 1. The number of Topliss-reactive ketones (excluding diaryl/α,β-unsaturated/α-hetero) is 1. The number of carboxylic acids is 1. The molecule has 0 heterocycles. The lowest BCUT2D eigenvalue weighted by Crippen LogP contribution is -2.64. The maximum absolute atomic E-state index is 13.3. The van der Waals surface area contributed by atoms with Gasteiger partial charge in [0.1, 0.15) is 11.7 Å². The van der Waals surface area contributed by atoms with Crippen LogP contribution in [0.3, 0.4) is 0 Å². The molecule has 9 atom stereocenters. The summed E-state index contributed by atoms with van der Waals surface area (Å²) in [7, 11) is 0. The van der Waals surface area contributed by atoms with E-state index in [1.807, 2.05) is 13.0 Å². The van der Waals surface area contributed by atoms with E-state index in [0.717, 1.165) is 12.0 Å². The molecule has 0 spiro atoms. The Balaban J connectivity index is 1.74. The summed E-state index contributed by atoms with van der Waals surface area (Å²) in [6, 6.07) is 0. The number of carbonyl (C=O) groups excluding carboxylic acids is 2. The van der Waals surface area contributed by atoms with Crippen molar-refractivity contribution in [2.45, 2.75) is 64.3 Å². The Morgan fingerprint density at radius 3 is 2.56 bits per heavy atom. The molecule has 0 radical (unpaired) electrons. The van der Waals surface area contributed by atoms with Crippen LogP contribution < -0.4 is 0 Å². The topological polar surface area (TPSA) is 132 Å². The summed E-state index contributed by atoms with van der Waals surface area (Å²) in [5, 5.41) is 42.8. The standard InChI is InChI=1S/C25H32O7/c1-12-9-17-16-6-5-14-10-15(26)7-8-23(14,3)19(16)18(27)11-24(17,4)25(12,32)21(29)20(28)13(2)22(30)31/h7-8,10,12,16-20,27-28,32H,2,5-6,9,11H2,1,3-4H3,(H,30,31)/t12?,16-,17-,18?,19+,20?,23-,24-,25-/m0/s1. The number of fused-ring (bicyclic) bond motifs is 5. The summed E-state index contributed by atoms with van der Waals surface area (Å²) in [6.07, 6.45) is 4.35. The summed E-state index contributed by atoms with van der Waals surface area (Å²) < 4.78 is 0. The van der Waals surface area contributed by atoms with Crippen molar-refractivity contribution in [2.24, 2.45) is 34.5 Å². The van der Waals surface area contributed by atoms with Crippen LogP contribution in [0.4, 0.5) is 0 Å². The quantitative estimate of drug-likeness (QED) is 0.486. The lowest BCUT2D eigenvalue weighted by atomic mass is 9.46. The van der Waals surface area contributed by atoms with Gasteiger partial charge in [0.15, 0.2) is 11.6 Å². The predicted molar refractivity (Wildman–Crippen MR) is 115 cm³/mol. The van der Waals surface area contributed by atoms with E-state index in [-0.39, 0.29) is 30.0 Å².